The van der Waals surface area contributed by atoms with E-state index in [1.54, 1.807) is 6.08 Å². The largest absolute Gasteiger partial charge is 0.352 e. The van der Waals surface area contributed by atoms with Crippen molar-refractivity contribution < 1.29 is 4.79 Å². The first-order chi connectivity index (χ1) is 16.0. The van der Waals surface area contributed by atoms with Gasteiger partial charge in [0, 0.05) is 35.1 Å². The molecular weight excluding hydrogens is 434 g/mol. The van der Waals surface area contributed by atoms with Crippen molar-refractivity contribution >= 4 is 23.6 Å². The Morgan fingerprint density at radius 1 is 1.09 bits per heavy atom. The highest BCUT2D eigenvalue weighted by atomic mass is 35.5. The topological polar surface area (TPSA) is 64.7 Å². The third-order valence-corrected chi connectivity index (χ3v) is 5.86. The van der Waals surface area contributed by atoms with Gasteiger partial charge in [0.1, 0.15) is 0 Å². The first-order valence-corrected chi connectivity index (χ1v) is 11.2. The van der Waals surface area contributed by atoms with Crippen LogP contribution in [0.5, 0.6) is 0 Å². The van der Waals surface area contributed by atoms with Crippen molar-refractivity contribution in [2.24, 2.45) is 0 Å². The molecule has 2 aromatic carbocycles. The fraction of sp³-hybridized carbons (Fsp3) is 0.192. The minimum atomic E-state index is -0.136. The summed E-state index contributed by atoms with van der Waals surface area (Å²) < 4.78 is 3.75. The Labute approximate surface area is 198 Å². The van der Waals surface area contributed by atoms with Crippen LogP contribution >= 0.6 is 11.6 Å². The zero-order valence-electron chi connectivity index (χ0n) is 18.7. The number of nitrogens with zero attached hydrogens (tertiary/aromatic N) is 4. The number of hydrogen-bond donors (Lipinski definition) is 1. The van der Waals surface area contributed by atoms with Gasteiger partial charge in [-0.1, -0.05) is 48.0 Å². The van der Waals surface area contributed by atoms with E-state index in [9.17, 15) is 4.79 Å². The molecule has 2 heterocycles. The Hall–Kier alpha value is -3.64. The molecule has 0 aliphatic carbocycles. The standard InChI is InChI=1S/C26H26ClN5O/c1-19-24(20(2)31(30-19)18-22-8-6-7-11-25(22)27)12-13-26(33)28-15-14-21-16-29-32(17-21)23-9-4-3-5-10-23/h3-13,16-17H,14-15,18H2,1-2H3,(H,28,33). The summed E-state index contributed by atoms with van der Waals surface area (Å²) in [4.78, 5) is 12.3. The molecule has 0 atom stereocenters. The summed E-state index contributed by atoms with van der Waals surface area (Å²) in [6.45, 7) is 5.06. The van der Waals surface area contributed by atoms with Crippen molar-refractivity contribution in [3.05, 3.63) is 106 Å². The van der Waals surface area contributed by atoms with Gasteiger partial charge in [0.05, 0.1) is 24.1 Å². The molecule has 0 fully saturated rings. The summed E-state index contributed by atoms with van der Waals surface area (Å²) >= 11 is 6.29. The van der Waals surface area contributed by atoms with E-state index in [2.05, 4.69) is 15.5 Å². The average molecular weight is 460 g/mol. The highest BCUT2D eigenvalue weighted by molar-refractivity contribution is 6.31. The van der Waals surface area contributed by atoms with E-state index in [1.165, 1.54) is 0 Å². The average Bonchev–Trinajstić information content (AvgIpc) is 3.39. The van der Waals surface area contributed by atoms with Gasteiger partial charge in [-0.05, 0) is 55.7 Å². The molecule has 0 saturated carbocycles. The van der Waals surface area contributed by atoms with Crippen LogP contribution in [0.3, 0.4) is 0 Å². The van der Waals surface area contributed by atoms with Gasteiger partial charge in [-0.25, -0.2) is 4.68 Å². The fourth-order valence-electron chi connectivity index (χ4n) is 3.65. The molecule has 0 spiro atoms. The first kappa shape index (κ1) is 22.6. The zero-order valence-corrected chi connectivity index (χ0v) is 19.5. The monoisotopic (exact) mass is 459 g/mol. The molecule has 33 heavy (non-hydrogen) atoms. The number of nitrogens with one attached hydrogen (secondary N) is 1. The minimum absolute atomic E-state index is 0.136. The number of halogens is 1. The lowest BCUT2D eigenvalue weighted by Gasteiger charge is -2.06. The number of benzene rings is 2. The predicted octanol–water partition coefficient (Wildman–Crippen LogP) is 4.76. The molecule has 1 amide bonds. The molecule has 0 unspecified atom stereocenters. The lowest BCUT2D eigenvalue weighted by Crippen LogP contribution is -2.23. The molecule has 168 valence electrons. The molecule has 1 N–H and O–H groups in total. The van der Waals surface area contributed by atoms with E-state index in [-0.39, 0.29) is 5.91 Å². The normalized spacial score (nSPS) is 11.2. The molecule has 0 bridgehead atoms. The van der Waals surface area contributed by atoms with Crippen molar-refractivity contribution in [2.45, 2.75) is 26.8 Å². The maximum absolute atomic E-state index is 12.3. The van der Waals surface area contributed by atoms with Crippen molar-refractivity contribution in [2.75, 3.05) is 6.54 Å². The Morgan fingerprint density at radius 3 is 2.64 bits per heavy atom. The second-order valence-electron chi connectivity index (χ2n) is 7.84. The minimum Gasteiger partial charge on any atom is -0.352 e. The summed E-state index contributed by atoms with van der Waals surface area (Å²) in [5.41, 5.74) is 5.89. The molecule has 2 aromatic heterocycles. The van der Waals surface area contributed by atoms with Crippen LogP contribution in [-0.2, 0) is 17.8 Å². The van der Waals surface area contributed by atoms with E-state index in [0.717, 1.165) is 38.8 Å². The van der Waals surface area contributed by atoms with Crippen molar-refractivity contribution in [1.29, 1.82) is 0 Å². The fourth-order valence-corrected chi connectivity index (χ4v) is 3.85. The van der Waals surface area contributed by atoms with Crippen LogP contribution in [0.15, 0.2) is 73.1 Å². The van der Waals surface area contributed by atoms with Crippen LogP contribution < -0.4 is 5.32 Å². The number of aromatic nitrogens is 4. The lowest BCUT2D eigenvalue weighted by molar-refractivity contribution is -0.116. The molecule has 7 heteroatoms. The molecule has 6 nitrogen and oxygen atoms in total. The van der Waals surface area contributed by atoms with Gasteiger partial charge in [-0.3, -0.25) is 9.48 Å². The lowest BCUT2D eigenvalue weighted by atomic mass is 10.1. The van der Waals surface area contributed by atoms with Crippen LogP contribution in [0.25, 0.3) is 11.8 Å². The van der Waals surface area contributed by atoms with Gasteiger partial charge in [-0.15, -0.1) is 0 Å². The smallest absolute Gasteiger partial charge is 0.244 e. The maximum atomic E-state index is 12.3. The number of aryl methyl sites for hydroxylation is 1. The molecule has 4 aromatic rings. The zero-order chi connectivity index (χ0) is 23.2. The molecular formula is C26H26ClN5O. The van der Waals surface area contributed by atoms with Gasteiger partial charge in [0.2, 0.25) is 5.91 Å². The van der Waals surface area contributed by atoms with E-state index in [4.69, 9.17) is 11.6 Å². The number of amides is 1. The van der Waals surface area contributed by atoms with Crippen LogP contribution in [0.4, 0.5) is 0 Å². The molecule has 0 aliphatic heterocycles. The van der Waals surface area contributed by atoms with E-state index in [0.29, 0.717) is 19.5 Å². The third-order valence-electron chi connectivity index (χ3n) is 5.49. The third kappa shape index (κ3) is 5.59. The highest BCUT2D eigenvalue weighted by Crippen LogP contribution is 2.20. The summed E-state index contributed by atoms with van der Waals surface area (Å²) in [6, 6.07) is 17.7. The second kappa shape index (κ2) is 10.3. The van der Waals surface area contributed by atoms with Crippen molar-refractivity contribution in [3.8, 4) is 5.69 Å². The van der Waals surface area contributed by atoms with E-state index in [1.807, 2.05) is 96.3 Å². The Kier molecular flexibility index (Phi) is 7.05. The number of para-hydroxylation sites is 1. The number of rotatable bonds is 8. The van der Waals surface area contributed by atoms with Gasteiger partial charge >= 0.3 is 0 Å². The Morgan fingerprint density at radius 2 is 1.85 bits per heavy atom. The summed E-state index contributed by atoms with van der Waals surface area (Å²) in [5, 5.41) is 12.7. The summed E-state index contributed by atoms with van der Waals surface area (Å²) in [6.07, 6.45) is 7.90. The molecule has 0 aliphatic rings. The van der Waals surface area contributed by atoms with Gasteiger partial charge in [0.25, 0.3) is 0 Å². The first-order valence-electron chi connectivity index (χ1n) is 10.8. The number of carbonyl (C=O) groups excluding carboxylic acids is 1. The van der Waals surface area contributed by atoms with Gasteiger partial charge in [-0.2, -0.15) is 10.2 Å². The predicted molar refractivity (Wildman–Crippen MR) is 132 cm³/mol. The van der Waals surface area contributed by atoms with Crippen LogP contribution in [-0.4, -0.2) is 32.0 Å². The summed E-state index contributed by atoms with van der Waals surface area (Å²) in [5.74, 6) is -0.136. The van der Waals surface area contributed by atoms with Crippen molar-refractivity contribution in [3.63, 3.8) is 0 Å². The SMILES string of the molecule is Cc1nn(Cc2ccccc2Cl)c(C)c1C=CC(=O)NCCc1cnn(-c2ccccc2)c1. The summed E-state index contributed by atoms with van der Waals surface area (Å²) in [7, 11) is 0. The highest BCUT2D eigenvalue weighted by Gasteiger charge is 2.11. The number of carbonyl (C=O) groups is 1. The molecule has 0 saturated heterocycles. The molecule has 0 radical (unpaired) electrons. The maximum Gasteiger partial charge on any atom is 0.244 e. The Balaban J connectivity index is 1.32. The quantitative estimate of drug-likeness (QED) is 0.386. The van der Waals surface area contributed by atoms with Crippen LogP contribution in [0, 0.1) is 13.8 Å². The molecule has 4 rings (SSSR count). The van der Waals surface area contributed by atoms with Crippen LogP contribution in [0.2, 0.25) is 5.02 Å². The van der Waals surface area contributed by atoms with Gasteiger partial charge < -0.3 is 5.32 Å². The van der Waals surface area contributed by atoms with Crippen LogP contribution in [0.1, 0.15) is 28.1 Å². The van der Waals surface area contributed by atoms with E-state index >= 15 is 0 Å². The second-order valence-corrected chi connectivity index (χ2v) is 8.24. The van der Waals surface area contributed by atoms with Gasteiger partial charge in [0.15, 0.2) is 0 Å². The van der Waals surface area contributed by atoms with Crippen molar-refractivity contribution in [1.82, 2.24) is 24.9 Å². The number of hydrogen-bond acceptors (Lipinski definition) is 3. The van der Waals surface area contributed by atoms with E-state index < -0.39 is 0 Å². The Bertz CT molecular complexity index is 1270.